The fourth-order valence-corrected chi connectivity index (χ4v) is 1.21. The molecule has 0 unspecified atom stereocenters. The van der Waals surface area contributed by atoms with E-state index in [4.69, 9.17) is 0 Å². The average Bonchev–Trinajstić information content (AvgIpc) is 2.26. The van der Waals surface area contributed by atoms with Gasteiger partial charge in [0.05, 0.1) is 6.21 Å². The van der Waals surface area contributed by atoms with Crippen LogP contribution in [0.25, 0.3) is 0 Å². The van der Waals surface area contributed by atoms with E-state index in [1.807, 2.05) is 26.0 Å². The lowest BCUT2D eigenvalue weighted by Gasteiger charge is -2.07. The van der Waals surface area contributed by atoms with E-state index < -0.39 is 0 Å². The number of hydrazone groups is 1. The van der Waals surface area contributed by atoms with Crippen molar-refractivity contribution >= 4 is 12.1 Å². The molecule has 0 aliphatic carbocycles. The van der Waals surface area contributed by atoms with Crippen molar-refractivity contribution in [3.63, 3.8) is 0 Å². The molecule has 0 saturated heterocycles. The molecule has 4 heteroatoms. The first kappa shape index (κ1) is 12.2. The van der Waals surface area contributed by atoms with Gasteiger partial charge < -0.3 is 10.7 Å². The van der Waals surface area contributed by atoms with E-state index >= 15 is 0 Å². The van der Waals surface area contributed by atoms with Crippen LogP contribution < -0.4 is 10.7 Å². The number of hydrogen-bond donors (Lipinski definition) is 2. The second-order valence-electron chi connectivity index (χ2n) is 3.73. The highest BCUT2D eigenvalue weighted by atomic mass is 16.1. The van der Waals surface area contributed by atoms with Gasteiger partial charge in [-0.25, -0.2) is 0 Å². The molecule has 0 radical (unpaired) electrons. The minimum Gasteiger partial charge on any atom is -0.350 e. The number of carbonyl (C=O) groups excluding carboxylic acids is 1. The highest BCUT2D eigenvalue weighted by Crippen LogP contribution is 2.02. The third kappa shape index (κ3) is 3.73. The zero-order valence-corrected chi connectivity index (χ0v) is 9.82. The summed E-state index contributed by atoms with van der Waals surface area (Å²) in [5.74, 6) is -0.0490. The molecule has 0 atom stereocenters. The minimum atomic E-state index is -0.0490. The Balaban J connectivity index is 2.71. The SMILES string of the molecule is CN/N=C\c1ccc(C(=O)NC(C)C)cc1. The van der Waals surface area contributed by atoms with Gasteiger partial charge in [0.15, 0.2) is 0 Å². The summed E-state index contributed by atoms with van der Waals surface area (Å²) in [6.07, 6.45) is 1.70. The van der Waals surface area contributed by atoms with Crippen molar-refractivity contribution in [1.29, 1.82) is 0 Å². The second kappa shape index (κ2) is 5.90. The largest absolute Gasteiger partial charge is 0.350 e. The van der Waals surface area contributed by atoms with Crippen molar-refractivity contribution in [3.8, 4) is 0 Å². The van der Waals surface area contributed by atoms with Gasteiger partial charge in [0, 0.05) is 18.7 Å². The quantitative estimate of drug-likeness (QED) is 0.593. The van der Waals surface area contributed by atoms with Crippen LogP contribution in [0.5, 0.6) is 0 Å². The van der Waals surface area contributed by atoms with Crippen molar-refractivity contribution in [3.05, 3.63) is 35.4 Å². The Morgan fingerprint density at radius 2 is 1.94 bits per heavy atom. The molecule has 1 rings (SSSR count). The van der Waals surface area contributed by atoms with Crippen LogP contribution in [0.2, 0.25) is 0 Å². The maximum Gasteiger partial charge on any atom is 0.251 e. The molecule has 16 heavy (non-hydrogen) atoms. The number of carbonyl (C=O) groups is 1. The van der Waals surface area contributed by atoms with Gasteiger partial charge >= 0.3 is 0 Å². The molecule has 2 N–H and O–H groups in total. The topological polar surface area (TPSA) is 53.5 Å². The Hall–Kier alpha value is -1.84. The van der Waals surface area contributed by atoms with E-state index in [0.29, 0.717) is 5.56 Å². The van der Waals surface area contributed by atoms with Gasteiger partial charge in [0.1, 0.15) is 0 Å². The van der Waals surface area contributed by atoms with E-state index in [-0.39, 0.29) is 11.9 Å². The molecular formula is C12H17N3O. The number of benzene rings is 1. The van der Waals surface area contributed by atoms with Crippen molar-refractivity contribution in [2.24, 2.45) is 5.10 Å². The molecule has 0 aromatic heterocycles. The molecule has 0 aliphatic rings. The second-order valence-corrected chi connectivity index (χ2v) is 3.73. The zero-order chi connectivity index (χ0) is 12.0. The Labute approximate surface area is 95.7 Å². The van der Waals surface area contributed by atoms with Gasteiger partial charge in [-0.1, -0.05) is 12.1 Å². The lowest BCUT2D eigenvalue weighted by Crippen LogP contribution is -2.29. The predicted octanol–water partition coefficient (Wildman–Crippen LogP) is 1.38. The van der Waals surface area contributed by atoms with E-state index in [1.165, 1.54) is 0 Å². The van der Waals surface area contributed by atoms with E-state index in [0.717, 1.165) is 5.56 Å². The van der Waals surface area contributed by atoms with E-state index in [1.54, 1.807) is 25.4 Å². The smallest absolute Gasteiger partial charge is 0.251 e. The number of nitrogens with zero attached hydrogens (tertiary/aromatic N) is 1. The fourth-order valence-electron chi connectivity index (χ4n) is 1.21. The van der Waals surface area contributed by atoms with Gasteiger partial charge in [-0.2, -0.15) is 5.10 Å². The van der Waals surface area contributed by atoms with Gasteiger partial charge in [0.25, 0.3) is 5.91 Å². The van der Waals surface area contributed by atoms with Crippen molar-refractivity contribution in [2.75, 3.05) is 7.05 Å². The van der Waals surface area contributed by atoms with Crippen LogP contribution in [-0.4, -0.2) is 25.2 Å². The third-order valence-electron chi connectivity index (χ3n) is 1.94. The van der Waals surface area contributed by atoms with Gasteiger partial charge in [-0.3, -0.25) is 4.79 Å². The molecule has 1 amide bonds. The normalized spacial score (nSPS) is 10.8. The number of rotatable bonds is 4. The van der Waals surface area contributed by atoms with E-state index in [9.17, 15) is 4.79 Å². The number of amides is 1. The van der Waals surface area contributed by atoms with Crippen molar-refractivity contribution in [2.45, 2.75) is 19.9 Å². The van der Waals surface area contributed by atoms with Gasteiger partial charge in [-0.05, 0) is 31.5 Å². The summed E-state index contributed by atoms with van der Waals surface area (Å²) < 4.78 is 0. The van der Waals surface area contributed by atoms with Crippen LogP contribution in [-0.2, 0) is 0 Å². The number of hydrogen-bond acceptors (Lipinski definition) is 3. The number of nitrogens with one attached hydrogen (secondary N) is 2. The van der Waals surface area contributed by atoms with Crippen molar-refractivity contribution in [1.82, 2.24) is 10.7 Å². The highest BCUT2D eigenvalue weighted by molar-refractivity contribution is 5.95. The summed E-state index contributed by atoms with van der Waals surface area (Å²) in [7, 11) is 1.74. The molecule has 0 aliphatic heterocycles. The first-order valence-corrected chi connectivity index (χ1v) is 5.24. The summed E-state index contributed by atoms with van der Waals surface area (Å²) in [5, 5.41) is 6.73. The molecule has 0 bridgehead atoms. The first-order chi connectivity index (χ1) is 7.63. The summed E-state index contributed by atoms with van der Waals surface area (Å²) in [6, 6.07) is 7.44. The lowest BCUT2D eigenvalue weighted by atomic mass is 10.1. The van der Waals surface area contributed by atoms with Gasteiger partial charge in [0.2, 0.25) is 0 Å². The Kier molecular flexibility index (Phi) is 4.51. The Bertz CT molecular complexity index is 368. The summed E-state index contributed by atoms with van der Waals surface area (Å²) in [5.41, 5.74) is 4.29. The van der Waals surface area contributed by atoms with Crippen LogP contribution in [0.1, 0.15) is 29.8 Å². The Morgan fingerprint density at radius 1 is 1.31 bits per heavy atom. The molecule has 0 spiro atoms. The van der Waals surface area contributed by atoms with Crippen LogP contribution in [0.4, 0.5) is 0 Å². The lowest BCUT2D eigenvalue weighted by molar-refractivity contribution is 0.0943. The Morgan fingerprint density at radius 3 is 2.44 bits per heavy atom. The summed E-state index contributed by atoms with van der Waals surface area (Å²) in [6.45, 7) is 3.87. The van der Waals surface area contributed by atoms with Crippen molar-refractivity contribution < 1.29 is 4.79 Å². The molecule has 86 valence electrons. The van der Waals surface area contributed by atoms with Crippen LogP contribution in [0, 0.1) is 0 Å². The highest BCUT2D eigenvalue weighted by Gasteiger charge is 2.05. The molecular weight excluding hydrogens is 202 g/mol. The maximum absolute atomic E-state index is 11.6. The van der Waals surface area contributed by atoms with Crippen LogP contribution >= 0.6 is 0 Å². The summed E-state index contributed by atoms with van der Waals surface area (Å²) in [4.78, 5) is 11.6. The monoisotopic (exact) mass is 219 g/mol. The summed E-state index contributed by atoms with van der Waals surface area (Å²) >= 11 is 0. The zero-order valence-electron chi connectivity index (χ0n) is 9.82. The molecule has 4 nitrogen and oxygen atoms in total. The third-order valence-corrected chi connectivity index (χ3v) is 1.94. The predicted molar refractivity (Wildman–Crippen MR) is 65.7 cm³/mol. The first-order valence-electron chi connectivity index (χ1n) is 5.24. The molecule has 1 aromatic carbocycles. The average molecular weight is 219 g/mol. The fraction of sp³-hybridized carbons (Fsp3) is 0.333. The van der Waals surface area contributed by atoms with Crippen LogP contribution in [0.3, 0.4) is 0 Å². The standard InChI is InChI=1S/C12H17N3O/c1-9(2)15-12(16)11-6-4-10(5-7-11)8-14-13-3/h4-9,13H,1-3H3,(H,15,16)/b14-8-. The maximum atomic E-state index is 11.6. The molecule has 0 fully saturated rings. The molecule has 0 saturated carbocycles. The minimum absolute atomic E-state index is 0.0490. The van der Waals surface area contributed by atoms with Gasteiger partial charge in [-0.15, -0.1) is 0 Å². The molecule has 0 heterocycles. The van der Waals surface area contributed by atoms with Crippen LogP contribution in [0.15, 0.2) is 29.4 Å². The molecule has 1 aromatic rings. The van der Waals surface area contributed by atoms with E-state index in [2.05, 4.69) is 15.8 Å².